The zero-order valence-electron chi connectivity index (χ0n) is 33.4. The fourth-order valence-corrected chi connectivity index (χ4v) is 18.3. The van der Waals surface area contributed by atoms with Gasteiger partial charge < -0.3 is 0 Å². The first kappa shape index (κ1) is 39.7. The van der Waals surface area contributed by atoms with E-state index >= 15 is 17.6 Å². The van der Waals surface area contributed by atoms with E-state index in [9.17, 15) is 0 Å². The summed E-state index contributed by atoms with van der Waals surface area (Å²) in [6.45, 7) is 5.19. The quantitative estimate of drug-likeness (QED) is 0.104. The van der Waals surface area contributed by atoms with Crippen molar-refractivity contribution in [1.29, 1.82) is 0 Å². The van der Waals surface area contributed by atoms with Crippen LogP contribution in [0, 0.1) is 49.0 Å². The molecule has 4 aromatic rings. The number of hydrogen-bond donors (Lipinski definition) is 0. The van der Waals surface area contributed by atoms with Crippen LogP contribution in [0.25, 0.3) is 0 Å². The molecule has 0 N–H and O–H groups in total. The number of halogens is 4. The maximum atomic E-state index is 18.3. The molecule has 0 amide bonds. The summed E-state index contributed by atoms with van der Waals surface area (Å²) >= 11 is -5.13. The SMILES string of the molecule is Cc1ccc(N(CC2CCCCC2)c2ccc(F)[c]([Ti]([C]3=CC=CC3)([C]3=CC=CC3)[c]3c(F)ccc(N(CC4CCCCC4)c4ccc(C)cc4)c3F)c2F)cc1. The first-order valence-electron chi connectivity index (χ1n) is 21.1. The van der Waals surface area contributed by atoms with Crippen molar-refractivity contribution in [2.24, 2.45) is 11.8 Å². The third kappa shape index (κ3) is 7.89. The molecule has 0 radical (unpaired) electrons. The summed E-state index contributed by atoms with van der Waals surface area (Å²) in [5.41, 5.74) is 4.32. The molecular formula is C50H54F4N2Ti. The number of rotatable bonds is 12. The fourth-order valence-electron chi connectivity index (χ4n) is 10.0. The van der Waals surface area contributed by atoms with Crippen LogP contribution in [0.3, 0.4) is 0 Å². The Bertz CT molecular complexity index is 2030. The molecule has 2 saturated carbocycles. The van der Waals surface area contributed by atoms with Crippen LogP contribution in [0.5, 0.6) is 0 Å². The molecule has 0 atom stereocenters. The molecule has 0 aliphatic heterocycles. The molecular weight excluding hydrogens is 752 g/mol. The Labute approximate surface area is 340 Å². The first-order chi connectivity index (χ1) is 27.8. The molecule has 7 heteroatoms. The van der Waals surface area contributed by atoms with E-state index in [-0.39, 0.29) is 19.1 Å². The monoisotopic (exact) mass is 806 g/mol. The van der Waals surface area contributed by atoms with E-state index in [2.05, 4.69) is 0 Å². The van der Waals surface area contributed by atoms with E-state index in [1.165, 1.54) is 25.0 Å². The second kappa shape index (κ2) is 17.4. The van der Waals surface area contributed by atoms with Crippen molar-refractivity contribution >= 4 is 30.5 Å². The average Bonchev–Trinajstić information content (AvgIpc) is 3.97. The van der Waals surface area contributed by atoms with Crippen LogP contribution in [-0.2, 0) is 16.6 Å². The van der Waals surface area contributed by atoms with Gasteiger partial charge >= 0.3 is 342 Å². The number of nitrogens with zero attached hydrogens (tertiary/aromatic N) is 2. The Hall–Kier alpha value is -4.13. The van der Waals surface area contributed by atoms with Crippen molar-refractivity contribution in [2.45, 2.75) is 90.9 Å². The van der Waals surface area contributed by atoms with Crippen molar-refractivity contribution in [2.75, 3.05) is 22.9 Å². The normalized spacial score (nSPS) is 17.6. The summed E-state index contributed by atoms with van der Waals surface area (Å²) in [6.07, 6.45) is 23.2. The first-order valence-corrected chi connectivity index (χ1v) is 24.3. The van der Waals surface area contributed by atoms with Crippen LogP contribution in [0.1, 0.15) is 88.2 Å². The molecule has 0 saturated heterocycles. The molecule has 0 heterocycles. The molecule has 0 aromatic heterocycles. The van der Waals surface area contributed by atoms with Crippen molar-refractivity contribution in [3.8, 4) is 0 Å². The molecule has 0 unspecified atom stereocenters. The Morgan fingerprint density at radius 3 is 1.25 bits per heavy atom. The van der Waals surface area contributed by atoms with E-state index in [1.54, 1.807) is 12.1 Å². The van der Waals surface area contributed by atoms with Gasteiger partial charge in [-0.15, -0.1) is 0 Å². The average molecular weight is 807 g/mol. The Kier molecular flexibility index (Phi) is 12.1. The van der Waals surface area contributed by atoms with Gasteiger partial charge in [0.2, 0.25) is 0 Å². The summed E-state index contributed by atoms with van der Waals surface area (Å²) in [5.74, 6) is -2.25. The molecule has 0 spiro atoms. The number of aryl methyl sites for hydroxylation is 2. The topological polar surface area (TPSA) is 6.48 Å². The van der Waals surface area contributed by atoms with Crippen LogP contribution < -0.4 is 17.5 Å². The second-order valence-electron chi connectivity index (χ2n) is 16.8. The molecule has 0 bridgehead atoms. The predicted octanol–water partition coefficient (Wildman–Crippen LogP) is 13.1. The third-order valence-corrected chi connectivity index (χ3v) is 20.9. The second-order valence-corrected chi connectivity index (χ2v) is 22.7. The molecule has 8 rings (SSSR count). The molecule has 4 aliphatic rings. The number of anilines is 4. The van der Waals surface area contributed by atoms with E-state index in [1.807, 2.05) is 109 Å². The molecule has 4 aromatic carbocycles. The Morgan fingerprint density at radius 1 is 0.509 bits per heavy atom. The van der Waals surface area contributed by atoms with Gasteiger partial charge in [-0.3, -0.25) is 0 Å². The fraction of sp³-hybridized carbons (Fsp3) is 0.360. The summed E-state index contributed by atoms with van der Waals surface area (Å²) < 4.78 is 72.4. The van der Waals surface area contributed by atoms with Gasteiger partial charge in [0, 0.05) is 0 Å². The van der Waals surface area contributed by atoms with E-state index in [0.29, 0.717) is 37.8 Å². The zero-order chi connectivity index (χ0) is 39.5. The van der Waals surface area contributed by atoms with E-state index in [4.69, 9.17) is 0 Å². The van der Waals surface area contributed by atoms with Crippen LogP contribution in [0.4, 0.5) is 40.3 Å². The van der Waals surface area contributed by atoms with Gasteiger partial charge in [0.05, 0.1) is 0 Å². The van der Waals surface area contributed by atoms with E-state index in [0.717, 1.165) is 81.6 Å². The van der Waals surface area contributed by atoms with Crippen LogP contribution in [0.15, 0.2) is 117 Å². The van der Waals surface area contributed by atoms with Crippen molar-refractivity contribution in [3.63, 3.8) is 0 Å². The Morgan fingerprint density at radius 2 is 0.895 bits per heavy atom. The van der Waals surface area contributed by atoms with Gasteiger partial charge in [0.15, 0.2) is 0 Å². The van der Waals surface area contributed by atoms with Gasteiger partial charge in [-0.2, -0.15) is 0 Å². The number of hydrogen-bond acceptors (Lipinski definition) is 2. The van der Waals surface area contributed by atoms with Gasteiger partial charge in [-0.25, -0.2) is 0 Å². The van der Waals surface area contributed by atoms with Crippen molar-refractivity contribution < 1.29 is 34.2 Å². The minimum atomic E-state index is -5.13. The van der Waals surface area contributed by atoms with Crippen LogP contribution in [0.2, 0.25) is 0 Å². The molecule has 57 heavy (non-hydrogen) atoms. The minimum absolute atomic E-state index is 0.151. The number of allylic oxidation sites excluding steroid dienone is 8. The van der Waals surface area contributed by atoms with Gasteiger partial charge in [0.25, 0.3) is 0 Å². The zero-order valence-corrected chi connectivity index (χ0v) is 34.9. The van der Waals surface area contributed by atoms with Crippen molar-refractivity contribution in [1.82, 2.24) is 0 Å². The predicted molar refractivity (Wildman–Crippen MR) is 225 cm³/mol. The molecule has 2 nitrogen and oxygen atoms in total. The van der Waals surface area contributed by atoms with Gasteiger partial charge in [0.1, 0.15) is 0 Å². The molecule has 296 valence electrons. The van der Waals surface area contributed by atoms with E-state index < -0.39 is 39.9 Å². The van der Waals surface area contributed by atoms with Crippen LogP contribution in [-0.4, -0.2) is 13.1 Å². The standard InChI is InChI=1S/2C20H22F2N.2C5H5.Ti/c2*1-15-7-10-18(11-8-15)23(14-16-5-3-2-4-6-16)20-12-9-17(21)13-19(20)22;2*1-2-4-5-3-1;/h2*7-12,16H,2-6,14H2,1H3;2*1-3H,4H2;. The summed E-state index contributed by atoms with van der Waals surface area (Å²) in [7, 11) is 0. The Balaban J connectivity index is 1.37. The summed E-state index contributed by atoms with van der Waals surface area (Å²) in [5, 5.41) is 0. The van der Waals surface area contributed by atoms with Crippen molar-refractivity contribution in [3.05, 3.63) is 151 Å². The third-order valence-electron chi connectivity index (χ3n) is 13.0. The van der Waals surface area contributed by atoms with Gasteiger partial charge in [-0.05, 0) is 0 Å². The van der Waals surface area contributed by atoms with Crippen LogP contribution >= 0.6 is 0 Å². The maximum absolute atomic E-state index is 18.3. The number of benzene rings is 4. The summed E-state index contributed by atoms with van der Waals surface area (Å²) in [6, 6.07) is 21.8. The van der Waals surface area contributed by atoms with Gasteiger partial charge in [-0.1, -0.05) is 0 Å². The molecule has 2 fully saturated rings. The molecule has 4 aliphatic carbocycles. The summed E-state index contributed by atoms with van der Waals surface area (Å²) in [4.78, 5) is 3.99.